The summed E-state index contributed by atoms with van der Waals surface area (Å²) in [7, 11) is 0. The van der Waals surface area contributed by atoms with Crippen LogP contribution in [0.25, 0.3) is 0 Å². The number of hydrogen-bond acceptors (Lipinski definition) is 1. The fourth-order valence-corrected chi connectivity index (χ4v) is 0.967. The van der Waals surface area contributed by atoms with Crippen LogP contribution < -0.4 is 0 Å². The number of alkyl halides is 3. The molecule has 1 rings (SSSR count). The van der Waals surface area contributed by atoms with E-state index in [1.165, 1.54) is 0 Å². The SMILES string of the molecule is O=C(O)c1cc(F)c(C(F)(F)F)c(F)c1. The highest BCUT2D eigenvalue weighted by Gasteiger charge is 2.38. The van der Waals surface area contributed by atoms with Gasteiger partial charge < -0.3 is 5.11 Å². The highest BCUT2D eigenvalue weighted by Crippen LogP contribution is 2.33. The first kappa shape index (κ1) is 11.4. The van der Waals surface area contributed by atoms with E-state index in [2.05, 4.69) is 0 Å². The van der Waals surface area contributed by atoms with Gasteiger partial charge in [0.25, 0.3) is 0 Å². The number of hydrogen-bond donors (Lipinski definition) is 1. The normalized spacial score (nSPS) is 11.5. The summed E-state index contributed by atoms with van der Waals surface area (Å²) < 4.78 is 61.5. The van der Waals surface area contributed by atoms with Crippen LogP contribution in [0.1, 0.15) is 15.9 Å². The topological polar surface area (TPSA) is 37.3 Å². The minimum Gasteiger partial charge on any atom is -0.478 e. The van der Waals surface area contributed by atoms with E-state index in [9.17, 15) is 26.7 Å². The summed E-state index contributed by atoms with van der Waals surface area (Å²) in [4.78, 5) is 10.3. The Balaban J connectivity index is 3.41. The van der Waals surface area contributed by atoms with Gasteiger partial charge in [-0.25, -0.2) is 13.6 Å². The molecular weight excluding hydrogens is 223 g/mol. The zero-order valence-corrected chi connectivity index (χ0v) is 6.90. The molecule has 1 aromatic carbocycles. The van der Waals surface area contributed by atoms with Gasteiger partial charge in [-0.15, -0.1) is 0 Å². The Bertz CT molecular complexity index is 387. The Kier molecular flexibility index (Phi) is 2.65. The van der Waals surface area contributed by atoms with Gasteiger partial charge in [0.2, 0.25) is 0 Å². The van der Waals surface area contributed by atoms with Gasteiger partial charge in [0, 0.05) is 0 Å². The Morgan fingerprint density at radius 1 is 1.13 bits per heavy atom. The Labute approximate surface area is 79.9 Å². The molecule has 2 nitrogen and oxygen atoms in total. The summed E-state index contributed by atoms with van der Waals surface area (Å²) >= 11 is 0. The maximum Gasteiger partial charge on any atom is 0.422 e. The Hall–Kier alpha value is -1.66. The molecular formula is C8H3F5O2. The van der Waals surface area contributed by atoms with Crippen molar-refractivity contribution in [2.24, 2.45) is 0 Å². The van der Waals surface area contributed by atoms with Gasteiger partial charge in [0.05, 0.1) is 5.56 Å². The maximum atomic E-state index is 12.7. The Morgan fingerprint density at radius 3 is 1.80 bits per heavy atom. The van der Waals surface area contributed by atoms with Crippen LogP contribution in [0.3, 0.4) is 0 Å². The van der Waals surface area contributed by atoms with Crippen molar-refractivity contribution in [3.8, 4) is 0 Å². The van der Waals surface area contributed by atoms with E-state index >= 15 is 0 Å². The summed E-state index contributed by atoms with van der Waals surface area (Å²) in [5.41, 5.74) is -2.97. The predicted octanol–water partition coefficient (Wildman–Crippen LogP) is 2.68. The average Bonchev–Trinajstić information content (AvgIpc) is 1.99. The molecule has 0 saturated heterocycles. The first-order valence-corrected chi connectivity index (χ1v) is 3.53. The molecule has 0 fully saturated rings. The maximum absolute atomic E-state index is 12.7. The van der Waals surface area contributed by atoms with Crippen molar-refractivity contribution >= 4 is 5.97 Å². The van der Waals surface area contributed by atoms with E-state index in [1.54, 1.807) is 0 Å². The van der Waals surface area contributed by atoms with Crippen LogP contribution >= 0.6 is 0 Å². The monoisotopic (exact) mass is 226 g/mol. The molecule has 0 spiro atoms. The molecule has 0 aliphatic rings. The van der Waals surface area contributed by atoms with Crippen LogP contribution in [0.15, 0.2) is 12.1 Å². The largest absolute Gasteiger partial charge is 0.478 e. The first-order chi connectivity index (χ1) is 6.73. The lowest BCUT2D eigenvalue weighted by Gasteiger charge is -2.09. The van der Waals surface area contributed by atoms with Crippen molar-refractivity contribution in [3.63, 3.8) is 0 Å². The molecule has 82 valence electrons. The van der Waals surface area contributed by atoms with Gasteiger partial charge in [-0.05, 0) is 12.1 Å². The molecule has 0 amide bonds. The first-order valence-electron chi connectivity index (χ1n) is 3.53. The third-order valence-corrected chi connectivity index (χ3v) is 1.57. The van der Waals surface area contributed by atoms with Crippen molar-refractivity contribution in [1.29, 1.82) is 0 Å². The molecule has 0 aliphatic carbocycles. The molecule has 1 N–H and O–H groups in total. The molecule has 0 radical (unpaired) electrons. The van der Waals surface area contributed by atoms with Crippen molar-refractivity contribution in [2.75, 3.05) is 0 Å². The van der Waals surface area contributed by atoms with Gasteiger partial charge >= 0.3 is 12.1 Å². The van der Waals surface area contributed by atoms with Crippen molar-refractivity contribution in [3.05, 3.63) is 34.9 Å². The van der Waals surface area contributed by atoms with Crippen LogP contribution in [0, 0.1) is 11.6 Å². The summed E-state index contributed by atoms with van der Waals surface area (Å²) in [6.07, 6.45) is -5.19. The van der Waals surface area contributed by atoms with Crippen molar-refractivity contribution in [1.82, 2.24) is 0 Å². The number of benzene rings is 1. The standard InChI is InChI=1S/C8H3F5O2/c9-4-1-3(7(14)15)2-5(10)6(4)8(11,12)13/h1-2H,(H,14,15). The zero-order valence-electron chi connectivity index (χ0n) is 6.90. The van der Waals surface area contributed by atoms with Gasteiger partial charge in [-0.1, -0.05) is 0 Å². The van der Waals surface area contributed by atoms with E-state index in [-0.39, 0.29) is 12.1 Å². The van der Waals surface area contributed by atoms with E-state index in [4.69, 9.17) is 5.11 Å². The van der Waals surface area contributed by atoms with Crippen LogP contribution in [-0.2, 0) is 6.18 Å². The van der Waals surface area contributed by atoms with E-state index < -0.39 is 34.9 Å². The zero-order chi connectivity index (χ0) is 11.8. The van der Waals surface area contributed by atoms with E-state index in [1.807, 2.05) is 0 Å². The number of halogens is 5. The molecule has 0 aliphatic heterocycles. The van der Waals surface area contributed by atoms with Crippen LogP contribution in [-0.4, -0.2) is 11.1 Å². The lowest BCUT2D eigenvalue weighted by atomic mass is 10.1. The van der Waals surface area contributed by atoms with Gasteiger partial charge in [0.15, 0.2) is 0 Å². The summed E-state index contributed by atoms with van der Waals surface area (Å²) in [5, 5.41) is 8.31. The molecule has 0 saturated carbocycles. The second kappa shape index (κ2) is 3.48. The summed E-state index contributed by atoms with van der Waals surface area (Å²) in [6.45, 7) is 0. The molecule has 1 aromatic rings. The molecule has 0 aromatic heterocycles. The molecule has 0 unspecified atom stereocenters. The van der Waals surface area contributed by atoms with Gasteiger partial charge in [-0.3, -0.25) is 0 Å². The minimum atomic E-state index is -5.19. The summed E-state index contributed by atoms with van der Waals surface area (Å²) in [6, 6.07) is 0.239. The van der Waals surface area contributed by atoms with Crippen LogP contribution in [0.5, 0.6) is 0 Å². The molecule has 7 heteroatoms. The quantitative estimate of drug-likeness (QED) is 0.747. The lowest BCUT2D eigenvalue weighted by Crippen LogP contribution is -2.13. The highest BCUT2D eigenvalue weighted by atomic mass is 19.4. The van der Waals surface area contributed by atoms with Crippen molar-refractivity contribution in [2.45, 2.75) is 6.18 Å². The molecule has 0 heterocycles. The number of rotatable bonds is 1. The summed E-state index contributed by atoms with van der Waals surface area (Å²) in [5.74, 6) is -5.60. The second-order valence-corrected chi connectivity index (χ2v) is 2.62. The fraction of sp³-hybridized carbons (Fsp3) is 0.125. The molecule has 0 bridgehead atoms. The smallest absolute Gasteiger partial charge is 0.422 e. The third kappa shape index (κ3) is 2.23. The highest BCUT2D eigenvalue weighted by molar-refractivity contribution is 5.87. The van der Waals surface area contributed by atoms with Crippen LogP contribution in [0.2, 0.25) is 0 Å². The number of carbonyl (C=O) groups is 1. The number of carboxylic acids is 1. The molecule has 15 heavy (non-hydrogen) atoms. The van der Waals surface area contributed by atoms with Gasteiger partial charge in [-0.2, -0.15) is 13.2 Å². The number of aromatic carboxylic acids is 1. The van der Waals surface area contributed by atoms with E-state index in [0.29, 0.717) is 0 Å². The third-order valence-electron chi connectivity index (χ3n) is 1.57. The Morgan fingerprint density at radius 2 is 1.53 bits per heavy atom. The fourth-order valence-electron chi connectivity index (χ4n) is 0.967. The van der Waals surface area contributed by atoms with Crippen molar-refractivity contribution < 1.29 is 31.9 Å². The number of carboxylic acid groups (broad SMARTS) is 1. The van der Waals surface area contributed by atoms with E-state index in [0.717, 1.165) is 0 Å². The minimum absolute atomic E-state index is 0.119. The van der Waals surface area contributed by atoms with Gasteiger partial charge in [0.1, 0.15) is 17.2 Å². The lowest BCUT2D eigenvalue weighted by molar-refractivity contribution is -0.142. The average molecular weight is 226 g/mol. The predicted molar refractivity (Wildman–Crippen MR) is 38.3 cm³/mol. The van der Waals surface area contributed by atoms with Crippen LogP contribution in [0.4, 0.5) is 22.0 Å². The second-order valence-electron chi connectivity index (χ2n) is 2.62. The molecule has 0 atom stereocenters.